The first-order chi connectivity index (χ1) is 15.6. The maximum Gasteiger partial charge on any atom is 0.234 e. The number of furan rings is 1. The lowest BCUT2D eigenvalue weighted by Crippen LogP contribution is -2.14. The summed E-state index contributed by atoms with van der Waals surface area (Å²) in [4.78, 5) is 21.9. The van der Waals surface area contributed by atoms with Crippen LogP contribution in [0, 0.1) is 0 Å². The van der Waals surface area contributed by atoms with Crippen LogP contribution in [0.25, 0.3) is 22.5 Å². The molecule has 4 rings (SSSR count). The average Bonchev–Trinajstić information content (AvgIpc) is 3.36. The molecule has 0 aliphatic carbocycles. The van der Waals surface area contributed by atoms with Crippen LogP contribution < -0.4 is 19.5 Å². The smallest absolute Gasteiger partial charge is 0.234 e. The predicted octanol–water partition coefficient (Wildman–Crippen LogP) is 4.65. The Morgan fingerprint density at radius 1 is 1.00 bits per heavy atom. The molecule has 0 aliphatic rings. The Bertz CT molecular complexity index is 1220. The lowest BCUT2D eigenvalue weighted by atomic mass is 10.2. The molecular weight excluding hydrogens is 430 g/mol. The van der Waals surface area contributed by atoms with Gasteiger partial charge in [-0.25, -0.2) is 9.97 Å². The number of nitrogens with zero attached hydrogens (tertiary/aromatic N) is 2. The van der Waals surface area contributed by atoms with Crippen molar-refractivity contribution >= 4 is 34.3 Å². The highest BCUT2D eigenvalue weighted by Gasteiger charge is 2.16. The zero-order chi connectivity index (χ0) is 22.5. The van der Waals surface area contributed by atoms with Gasteiger partial charge in [-0.15, -0.1) is 0 Å². The molecule has 0 atom stereocenters. The van der Waals surface area contributed by atoms with Crippen molar-refractivity contribution in [2.24, 2.45) is 0 Å². The zero-order valence-electron chi connectivity index (χ0n) is 17.7. The van der Waals surface area contributed by atoms with E-state index in [1.807, 2.05) is 24.3 Å². The molecule has 2 heterocycles. The average molecular weight is 452 g/mol. The van der Waals surface area contributed by atoms with Crippen molar-refractivity contribution in [1.29, 1.82) is 0 Å². The Hall–Kier alpha value is -3.72. The highest BCUT2D eigenvalue weighted by atomic mass is 32.2. The van der Waals surface area contributed by atoms with Gasteiger partial charge in [0.1, 0.15) is 5.03 Å². The van der Waals surface area contributed by atoms with Crippen LogP contribution in [-0.2, 0) is 4.79 Å². The van der Waals surface area contributed by atoms with Crippen LogP contribution in [0.5, 0.6) is 17.2 Å². The fourth-order valence-corrected chi connectivity index (χ4v) is 3.98. The van der Waals surface area contributed by atoms with Gasteiger partial charge in [0.05, 0.1) is 38.9 Å². The number of aromatic nitrogens is 2. The van der Waals surface area contributed by atoms with Crippen molar-refractivity contribution in [3.05, 3.63) is 54.8 Å². The first-order valence-corrected chi connectivity index (χ1v) is 10.6. The Kier molecular flexibility index (Phi) is 6.46. The summed E-state index contributed by atoms with van der Waals surface area (Å²) in [6.45, 7) is 0. The molecule has 1 N–H and O–H groups in total. The first-order valence-electron chi connectivity index (χ1n) is 9.66. The van der Waals surface area contributed by atoms with Crippen molar-refractivity contribution in [2.45, 2.75) is 5.03 Å². The third-order valence-corrected chi connectivity index (χ3v) is 5.59. The molecule has 164 valence electrons. The number of thioether (sulfide) groups is 1. The van der Waals surface area contributed by atoms with Crippen LogP contribution in [0.4, 0.5) is 5.69 Å². The quantitative estimate of drug-likeness (QED) is 0.306. The number of carbonyl (C=O) groups is 1. The third kappa shape index (κ3) is 4.47. The molecule has 0 spiro atoms. The fourth-order valence-electron chi connectivity index (χ4n) is 3.16. The van der Waals surface area contributed by atoms with Gasteiger partial charge in [0.2, 0.25) is 11.7 Å². The maximum atomic E-state index is 12.7. The van der Waals surface area contributed by atoms with Gasteiger partial charge in [-0.2, -0.15) is 0 Å². The number of nitrogens with one attached hydrogen (secondary N) is 1. The van der Waals surface area contributed by atoms with Gasteiger partial charge >= 0.3 is 0 Å². The van der Waals surface area contributed by atoms with Gasteiger partial charge < -0.3 is 23.9 Å². The second-order valence-electron chi connectivity index (χ2n) is 6.60. The van der Waals surface area contributed by atoms with Gasteiger partial charge in [-0.3, -0.25) is 4.79 Å². The standard InChI is InChI=1S/C23H21N3O5S/c1-28-18-11-14(12-19(29-2)21(18)30-3)24-20(27)13-32-23-15-7-4-5-8-16(15)25-22(26-23)17-9-6-10-31-17/h4-12H,13H2,1-3H3,(H,24,27). The number of carbonyl (C=O) groups excluding carboxylic acids is 1. The van der Waals surface area contributed by atoms with Gasteiger partial charge in [0.25, 0.3) is 0 Å². The summed E-state index contributed by atoms with van der Waals surface area (Å²) in [6.07, 6.45) is 1.57. The van der Waals surface area contributed by atoms with Crippen LogP contribution in [0.1, 0.15) is 0 Å². The van der Waals surface area contributed by atoms with Gasteiger partial charge in [-0.1, -0.05) is 30.0 Å². The molecule has 0 fully saturated rings. The fraction of sp³-hybridized carbons (Fsp3) is 0.174. The molecule has 2 aromatic heterocycles. The number of para-hydroxylation sites is 1. The third-order valence-electron chi connectivity index (χ3n) is 4.60. The molecule has 0 saturated heterocycles. The topological polar surface area (TPSA) is 95.7 Å². The van der Waals surface area contributed by atoms with Crippen molar-refractivity contribution in [2.75, 3.05) is 32.4 Å². The molecule has 32 heavy (non-hydrogen) atoms. The summed E-state index contributed by atoms with van der Waals surface area (Å²) in [5.41, 5.74) is 1.32. The largest absolute Gasteiger partial charge is 0.493 e. The summed E-state index contributed by atoms with van der Waals surface area (Å²) < 4.78 is 21.4. The summed E-state index contributed by atoms with van der Waals surface area (Å²) in [6, 6.07) is 14.6. The molecule has 0 bridgehead atoms. The van der Waals surface area contributed by atoms with Crippen molar-refractivity contribution < 1.29 is 23.4 Å². The van der Waals surface area contributed by atoms with Gasteiger partial charge in [-0.05, 0) is 18.2 Å². The molecule has 9 heteroatoms. The maximum absolute atomic E-state index is 12.7. The van der Waals surface area contributed by atoms with Crippen LogP contribution in [-0.4, -0.2) is 43.0 Å². The molecular formula is C23H21N3O5S. The molecule has 1 amide bonds. The van der Waals surface area contributed by atoms with E-state index in [0.717, 1.165) is 10.9 Å². The number of hydrogen-bond donors (Lipinski definition) is 1. The molecule has 0 saturated carbocycles. The Morgan fingerprint density at radius 3 is 2.41 bits per heavy atom. The number of amides is 1. The molecule has 0 radical (unpaired) electrons. The zero-order valence-corrected chi connectivity index (χ0v) is 18.6. The van der Waals surface area contributed by atoms with Gasteiger partial charge in [0.15, 0.2) is 23.1 Å². The second-order valence-corrected chi connectivity index (χ2v) is 7.56. The summed E-state index contributed by atoms with van der Waals surface area (Å²) in [5.74, 6) is 2.36. The highest BCUT2D eigenvalue weighted by molar-refractivity contribution is 8.00. The number of rotatable bonds is 8. The van der Waals surface area contributed by atoms with E-state index < -0.39 is 0 Å². The van der Waals surface area contributed by atoms with Crippen LogP contribution in [0.15, 0.2) is 64.2 Å². The van der Waals surface area contributed by atoms with Gasteiger partial charge in [0, 0.05) is 23.2 Å². The van der Waals surface area contributed by atoms with Crippen molar-refractivity contribution in [3.63, 3.8) is 0 Å². The highest BCUT2D eigenvalue weighted by Crippen LogP contribution is 2.40. The lowest BCUT2D eigenvalue weighted by Gasteiger charge is -2.14. The lowest BCUT2D eigenvalue weighted by molar-refractivity contribution is -0.113. The molecule has 2 aromatic carbocycles. The summed E-state index contributed by atoms with van der Waals surface area (Å²) in [5, 5.41) is 4.43. The minimum absolute atomic E-state index is 0.148. The minimum atomic E-state index is -0.202. The van der Waals surface area contributed by atoms with Crippen molar-refractivity contribution in [1.82, 2.24) is 9.97 Å². The number of benzene rings is 2. The van der Waals surface area contributed by atoms with Crippen LogP contribution in [0.2, 0.25) is 0 Å². The Labute approximate surface area is 188 Å². The number of methoxy groups -OCH3 is 3. The van der Waals surface area contributed by atoms with Crippen LogP contribution >= 0.6 is 11.8 Å². The number of fused-ring (bicyclic) bond motifs is 1. The first kappa shape index (κ1) is 21.5. The molecule has 0 unspecified atom stereocenters. The Balaban J connectivity index is 1.55. The minimum Gasteiger partial charge on any atom is -0.493 e. The number of anilines is 1. The van der Waals surface area contributed by atoms with E-state index in [1.165, 1.54) is 33.1 Å². The monoisotopic (exact) mass is 451 g/mol. The van der Waals surface area contributed by atoms with E-state index in [-0.39, 0.29) is 11.7 Å². The Morgan fingerprint density at radius 2 is 1.75 bits per heavy atom. The van der Waals surface area contributed by atoms with E-state index in [0.29, 0.717) is 39.5 Å². The molecule has 0 aliphatic heterocycles. The van der Waals surface area contributed by atoms with Crippen LogP contribution in [0.3, 0.4) is 0 Å². The number of hydrogen-bond acceptors (Lipinski definition) is 8. The number of ether oxygens (including phenoxy) is 3. The van der Waals surface area contributed by atoms with E-state index in [4.69, 9.17) is 18.6 Å². The second kappa shape index (κ2) is 9.61. The molecule has 8 nitrogen and oxygen atoms in total. The van der Waals surface area contributed by atoms with E-state index in [2.05, 4.69) is 15.3 Å². The predicted molar refractivity (Wildman–Crippen MR) is 123 cm³/mol. The summed E-state index contributed by atoms with van der Waals surface area (Å²) >= 11 is 1.32. The van der Waals surface area contributed by atoms with Crippen molar-refractivity contribution in [3.8, 4) is 28.8 Å². The van der Waals surface area contributed by atoms with E-state index >= 15 is 0 Å². The normalized spacial score (nSPS) is 10.7. The molecule has 4 aromatic rings. The SMILES string of the molecule is COc1cc(NC(=O)CSc2nc(-c3ccco3)nc3ccccc23)cc(OC)c1OC. The van der Waals surface area contributed by atoms with E-state index in [9.17, 15) is 4.79 Å². The van der Waals surface area contributed by atoms with E-state index in [1.54, 1.807) is 30.5 Å². The summed E-state index contributed by atoms with van der Waals surface area (Å²) in [7, 11) is 4.57.